The van der Waals surface area contributed by atoms with Crippen molar-refractivity contribution in [3.05, 3.63) is 67.2 Å². The van der Waals surface area contributed by atoms with E-state index < -0.39 is 94.3 Å². The van der Waals surface area contributed by atoms with E-state index in [1.807, 2.05) is 41.5 Å². The minimum absolute atomic E-state index is 0.137. The normalized spacial score (nSPS) is 23.1. The number of nitriles is 3. The summed E-state index contributed by atoms with van der Waals surface area (Å²) in [5.74, 6) is -8.17. The molecule has 3 amide bonds. The van der Waals surface area contributed by atoms with Gasteiger partial charge < -0.3 is 46.1 Å². The lowest BCUT2D eigenvalue weighted by atomic mass is 9.72. The lowest BCUT2D eigenvalue weighted by molar-refractivity contribution is -0.148. The van der Waals surface area contributed by atoms with Crippen molar-refractivity contribution in [3.63, 3.8) is 0 Å². The molecule has 70 heavy (non-hydrogen) atoms. The second-order valence-corrected chi connectivity index (χ2v) is 21.8. The van der Waals surface area contributed by atoms with E-state index in [0.29, 0.717) is 75.6 Å². The zero-order valence-corrected chi connectivity index (χ0v) is 41.5. The molecule has 3 aliphatic carbocycles. The largest absolute Gasteiger partial charge is 0.461 e. The van der Waals surface area contributed by atoms with Crippen molar-refractivity contribution in [2.75, 3.05) is 59.1 Å². The number of esters is 3. The molecule has 0 atom stereocenters. The monoisotopic (exact) mass is 962 g/mol. The van der Waals surface area contributed by atoms with E-state index in [4.69, 9.17) is 31.4 Å². The molecule has 3 aliphatic heterocycles. The number of carbonyl (C=O) groups excluding carboxylic acids is 6. The highest BCUT2D eigenvalue weighted by atomic mass is 16.6. The first-order valence-corrected chi connectivity index (χ1v) is 24.3. The summed E-state index contributed by atoms with van der Waals surface area (Å²) < 4.78 is 17.2. The second-order valence-electron chi connectivity index (χ2n) is 21.8. The Bertz CT molecular complexity index is 2260. The highest BCUT2D eigenvalue weighted by Crippen LogP contribution is 2.47. The summed E-state index contributed by atoms with van der Waals surface area (Å²) in [6, 6.07) is 6.62. The summed E-state index contributed by atoms with van der Waals surface area (Å²) in [6.07, 6.45) is 7.54. The van der Waals surface area contributed by atoms with Gasteiger partial charge in [0.15, 0.2) is 0 Å². The predicted octanol–water partition coefficient (Wildman–Crippen LogP) is 4.66. The predicted molar refractivity (Wildman–Crippen MR) is 254 cm³/mol. The van der Waals surface area contributed by atoms with Crippen molar-refractivity contribution in [1.82, 2.24) is 14.7 Å². The van der Waals surface area contributed by atoms with Crippen LogP contribution in [0.4, 0.5) is 0 Å². The van der Waals surface area contributed by atoms with Gasteiger partial charge in [0, 0.05) is 56.4 Å². The van der Waals surface area contributed by atoms with Crippen LogP contribution in [-0.4, -0.2) is 109 Å². The van der Waals surface area contributed by atoms with Gasteiger partial charge in [-0.1, -0.05) is 41.5 Å². The Morgan fingerprint density at radius 2 is 0.686 bits per heavy atom. The molecule has 0 aromatic heterocycles. The summed E-state index contributed by atoms with van der Waals surface area (Å²) in [4.78, 5) is 88.4. The summed E-state index contributed by atoms with van der Waals surface area (Å²) in [5, 5.41) is 31.4. The Hall–Kier alpha value is -6.87. The first kappa shape index (κ1) is 52.5. The van der Waals surface area contributed by atoms with Crippen molar-refractivity contribution < 1.29 is 43.0 Å². The lowest BCUT2D eigenvalue weighted by Crippen LogP contribution is -2.35. The van der Waals surface area contributed by atoms with Crippen molar-refractivity contribution in [2.45, 2.75) is 119 Å². The van der Waals surface area contributed by atoms with Crippen molar-refractivity contribution in [1.29, 1.82) is 15.8 Å². The number of hydrogen-bond acceptors (Lipinski definition) is 15. The van der Waals surface area contributed by atoms with Crippen LogP contribution < -0.4 is 17.2 Å². The Labute approximate surface area is 410 Å². The fourth-order valence-electron chi connectivity index (χ4n) is 10.9. The van der Waals surface area contributed by atoms with Gasteiger partial charge in [0.05, 0.1) is 22.6 Å². The molecule has 3 saturated heterocycles. The number of hydrogen-bond donors (Lipinski definition) is 3. The van der Waals surface area contributed by atoms with E-state index in [1.54, 1.807) is 0 Å². The van der Waals surface area contributed by atoms with E-state index >= 15 is 0 Å². The Morgan fingerprint density at radius 3 is 0.886 bits per heavy atom. The summed E-state index contributed by atoms with van der Waals surface area (Å²) in [7, 11) is 0. The molecule has 18 heteroatoms. The number of ether oxygens (including phenoxy) is 3. The van der Waals surface area contributed by atoms with Crippen LogP contribution in [0.25, 0.3) is 0 Å². The van der Waals surface area contributed by atoms with Gasteiger partial charge >= 0.3 is 17.9 Å². The fourth-order valence-corrected chi connectivity index (χ4v) is 10.9. The van der Waals surface area contributed by atoms with Gasteiger partial charge in [-0.25, -0.2) is 14.4 Å². The van der Waals surface area contributed by atoms with Crippen molar-refractivity contribution in [2.24, 2.45) is 39.4 Å². The minimum Gasteiger partial charge on any atom is -0.461 e. The molecule has 6 aliphatic rings. The molecule has 0 aromatic rings. The van der Waals surface area contributed by atoms with Gasteiger partial charge in [-0.2, -0.15) is 15.8 Å². The summed E-state index contributed by atoms with van der Waals surface area (Å²) in [6.45, 7) is 14.0. The lowest BCUT2D eigenvalue weighted by Gasteiger charge is -2.37. The number of likely N-dealkylation sites (tertiary alicyclic amines) is 3. The van der Waals surface area contributed by atoms with Crippen molar-refractivity contribution >= 4 is 35.6 Å². The molecule has 0 unspecified atom stereocenters. The third kappa shape index (κ3) is 11.8. The first-order chi connectivity index (χ1) is 33.0. The van der Waals surface area contributed by atoms with Gasteiger partial charge in [-0.15, -0.1) is 0 Å². The molecule has 0 aromatic carbocycles. The average Bonchev–Trinajstić information content (AvgIpc) is 4.10. The van der Waals surface area contributed by atoms with E-state index in [1.165, 1.54) is 0 Å². The van der Waals surface area contributed by atoms with E-state index in [2.05, 4.69) is 32.9 Å². The number of rotatable bonds is 15. The van der Waals surface area contributed by atoms with Gasteiger partial charge in [-0.3, -0.25) is 14.4 Å². The first-order valence-electron chi connectivity index (χ1n) is 24.3. The van der Waals surface area contributed by atoms with E-state index in [9.17, 15) is 44.6 Å². The smallest absolute Gasteiger partial charge is 0.344 e. The third-order valence-electron chi connectivity index (χ3n) is 14.1. The molecule has 0 spiro atoms. The molecule has 0 saturated carbocycles. The highest BCUT2D eigenvalue weighted by molar-refractivity contribution is 6.18. The Morgan fingerprint density at radius 1 is 0.457 bits per heavy atom. The van der Waals surface area contributed by atoms with E-state index in [-0.39, 0.29) is 52.7 Å². The Balaban J connectivity index is 1.36. The standard InChI is InChI=1S/C52H67N9O9/c1-50(2)19-32(35(25-53)38(22-50)59-13-7-8-14-59)41(44(56)62)47(65)68-28-31(29-69-48(66)42(45(57)63)33-20-51(3,4)23-39(36(33)26-54)60-15-9-10-16-60)30-70-49(67)43(46(58)64)34-21-52(5,6)24-40(37(34)27-55)61-17-11-12-18-61/h31H,7-24,28-30H2,1-6H3,(H2,56,62)(H2,57,63)(H2,58,64)/b41-32+,42-33+,43-34+. The zero-order chi connectivity index (χ0) is 51.3. The van der Waals surface area contributed by atoms with Crippen LogP contribution in [0.5, 0.6) is 0 Å². The molecule has 18 nitrogen and oxygen atoms in total. The molecule has 3 heterocycles. The Kier molecular flexibility index (Phi) is 16.1. The van der Waals surface area contributed by atoms with Gasteiger partial charge in [0.1, 0.15) is 54.7 Å². The second kappa shape index (κ2) is 21.4. The van der Waals surface area contributed by atoms with Gasteiger partial charge in [0.2, 0.25) is 0 Å². The number of nitrogens with zero attached hydrogens (tertiary/aromatic N) is 6. The highest BCUT2D eigenvalue weighted by Gasteiger charge is 2.42. The molecular weight excluding hydrogens is 895 g/mol. The number of carbonyl (C=O) groups is 6. The molecule has 6 rings (SSSR count). The molecule has 0 radical (unpaired) electrons. The SMILES string of the molecule is CC1(C)CC(N2CCCC2)=C(C#N)/C(=C(\C(N)=O)C(=O)OCC(COC(=O)/C(C(N)=O)=C2\CC(C)(C)CC(N3CCCC3)=C2C#N)COC(=O)/C(C(N)=O)=C2\CC(C)(C)CC(N3CCCC3)=C2C#N)C1. The summed E-state index contributed by atoms with van der Waals surface area (Å²) in [5.41, 5.74) is 17.6. The maximum absolute atomic E-state index is 14.2. The molecule has 6 N–H and O–H groups in total. The number of nitrogens with two attached hydrogens (primary N) is 3. The van der Waals surface area contributed by atoms with Crippen LogP contribution in [0.15, 0.2) is 67.2 Å². The zero-order valence-electron chi connectivity index (χ0n) is 41.5. The summed E-state index contributed by atoms with van der Waals surface area (Å²) >= 11 is 0. The van der Waals surface area contributed by atoms with Crippen LogP contribution in [0.2, 0.25) is 0 Å². The maximum Gasteiger partial charge on any atom is 0.344 e. The third-order valence-corrected chi connectivity index (χ3v) is 14.1. The van der Waals surface area contributed by atoms with Crippen LogP contribution in [0, 0.1) is 56.2 Å². The van der Waals surface area contributed by atoms with E-state index in [0.717, 1.165) is 38.5 Å². The topological polar surface area (TPSA) is 289 Å². The molecule has 0 bridgehead atoms. The van der Waals surface area contributed by atoms with Crippen LogP contribution in [0.3, 0.4) is 0 Å². The maximum atomic E-state index is 14.2. The molecular formula is C52H67N9O9. The number of primary amides is 3. The van der Waals surface area contributed by atoms with Crippen LogP contribution >= 0.6 is 0 Å². The minimum atomic E-state index is -1.23. The number of amides is 3. The van der Waals surface area contributed by atoms with Crippen LogP contribution in [-0.2, 0) is 43.0 Å². The van der Waals surface area contributed by atoms with Gasteiger partial charge in [0.25, 0.3) is 17.7 Å². The van der Waals surface area contributed by atoms with Crippen LogP contribution in [0.1, 0.15) is 119 Å². The number of allylic oxidation sites excluding steroid dienone is 9. The molecule has 374 valence electrons. The molecule has 3 fully saturated rings. The fraction of sp³-hybridized carbons (Fsp3) is 0.596. The van der Waals surface area contributed by atoms with Gasteiger partial charge in [-0.05, 0) is 110 Å². The quantitative estimate of drug-likeness (QED) is 0.0661. The average molecular weight is 962 g/mol. The van der Waals surface area contributed by atoms with Crippen molar-refractivity contribution in [3.8, 4) is 18.2 Å².